The number of ether oxygens (including phenoxy) is 1. The summed E-state index contributed by atoms with van der Waals surface area (Å²) in [6.07, 6.45) is 1.69. The second-order valence-corrected chi connectivity index (χ2v) is 7.94. The smallest absolute Gasteiger partial charge is 0.178 e. The molecule has 0 radical (unpaired) electrons. The van der Waals surface area contributed by atoms with E-state index in [1.807, 2.05) is 45.9 Å². The van der Waals surface area contributed by atoms with Gasteiger partial charge in [-0.3, -0.25) is 5.41 Å². The SMILES string of the molecule is Cc1cc(-c2ccnc(C(=N)c3cc(OC(C)C)ccc3N)n2)ccc1NCC(C)N. The Hall–Kier alpha value is -3.45. The van der Waals surface area contributed by atoms with Gasteiger partial charge in [0.2, 0.25) is 0 Å². The molecule has 0 saturated carbocycles. The fourth-order valence-electron chi connectivity index (χ4n) is 3.15. The fraction of sp³-hybridized carbons (Fsp3) is 0.292. The first-order valence-corrected chi connectivity index (χ1v) is 10.3. The highest BCUT2D eigenvalue weighted by Crippen LogP contribution is 2.25. The van der Waals surface area contributed by atoms with Gasteiger partial charge < -0.3 is 21.5 Å². The lowest BCUT2D eigenvalue weighted by Gasteiger charge is -2.14. The number of aryl methyl sites for hydroxylation is 1. The number of benzene rings is 2. The van der Waals surface area contributed by atoms with E-state index in [1.165, 1.54) is 0 Å². The van der Waals surface area contributed by atoms with E-state index in [-0.39, 0.29) is 17.9 Å². The Balaban J connectivity index is 1.88. The summed E-state index contributed by atoms with van der Waals surface area (Å²) in [4.78, 5) is 8.93. The Labute approximate surface area is 183 Å². The van der Waals surface area contributed by atoms with Crippen LogP contribution in [0.15, 0.2) is 48.7 Å². The molecule has 0 aliphatic heterocycles. The summed E-state index contributed by atoms with van der Waals surface area (Å²) in [7, 11) is 0. The highest BCUT2D eigenvalue weighted by molar-refractivity contribution is 6.12. The number of nitrogens with zero attached hydrogens (tertiary/aromatic N) is 2. The number of aromatic nitrogens is 2. The first-order valence-electron chi connectivity index (χ1n) is 10.3. The number of rotatable bonds is 8. The Kier molecular flexibility index (Phi) is 6.87. The quantitative estimate of drug-likeness (QED) is 0.324. The van der Waals surface area contributed by atoms with Crippen LogP contribution in [0.5, 0.6) is 5.75 Å². The van der Waals surface area contributed by atoms with Crippen molar-refractivity contribution in [2.75, 3.05) is 17.6 Å². The van der Waals surface area contributed by atoms with E-state index in [0.29, 0.717) is 29.4 Å². The van der Waals surface area contributed by atoms with Crippen LogP contribution in [0.25, 0.3) is 11.3 Å². The molecule has 3 rings (SSSR count). The largest absolute Gasteiger partial charge is 0.491 e. The van der Waals surface area contributed by atoms with Crippen molar-refractivity contribution < 1.29 is 4.74 Å². The second kappa shape index (κ2) is 9.57. The molecule has 162 valence electrons. The highest BCUT2D eigenvalue weighted by atomic mass is 16.5. The van der Waals surface area contributed by atoms with Crippen LogP contribution in [-0.2, 0) is 0 Å². The normalized spacial score (nSPS) is 11.9. The lowest BCUT2D eigenvalue weighted by atomic mass is 10.0. The van der Waals surface area contributed by atoms with Crippen molar-refractivity contribution in [2.45, 2.75) is 39.8 Å². The summed E-state index contributed by atoms with van der Waals surface area (Å²) >= 11 is 0. The molecule has 0 aliphatic carbocycles. The van der Waals surface area contributed by atoms with Crippen molar-refractivity contribution >= 4 is 17.1 Å². The van der Waals surface area contributed by atoms with Gasteiger partial charge in [0.1, 0.15) is 11.5 Å². The van der Waals surface area contributed by atoms with Gasteiger partial charge in [0, 0.05) is 41.3 Å². The Morgan fingerprint density at radius 2 is 1.90 bits per heavy atom. The van der Waals surface area contributed by atoms with Crippen molar-refractivity contribution in [3.63, 3.8) is 0 Å². The summed E-state index contributed by atoms with van der Waals surface area (Å²) in [5, 5.41) is 12.0. The zero-order valence-corrected chi connectivity index (χ0v) is 18.4. The monoisotopic (exact) mass is 418 g/mol. The Morgan fingerprint density at radius 3 is 2.58 bits per heavy atom. The molecule has 0 bridgehead atoms. The van der Waals surface area contributed by atoms with Gasteiger partial charge in [-0.15, -0.1) is 0 Å². The lowest BCUT2D eigenvalue weighted by Crippen LogP contribution is -2.25. The number of hydrogen-bond donors (Lipinski definition) is 4. The molecular formula is C24H30N6O. The minimum Gasteiger partial charge on any atom is -0.491 e. The number of nitrogens with one attached hydrogen (secondary N) is 2. The molecule has 7 nitrogen and oxygen atoms in total. The first kappa shape index (κ1) is 22.2. The van der Waals surface area contributed by atoms with Crippen molar-refractivity contribution in [3.05, 3.63) is 65.6 Å². The van der Waals surface area contributed by atoms with Crippen LogP contribution < -0.4 is 21.5 Å². The van der Waals surface area contributed by atoms with Crippen LogP contribution in [0.4, 0.5) is 11.4 Å². The third-order valence-electron chi connectivity index (χ3n) is 4.68. The van der Waals surface area contributed by atoms with Crippen molar-refractivity contribution in [1.82, 2.24) is 9.97 Å². The third-order valence-corrected chi connectivity index (χ3v) is 4.68. The second-order valence-electron chi connectivity index (χ2n) is 7.94. The van der Waals surface area contributed by atoms with Gasteiger partial charge in [-0.25, -0.2) is 9.97 Å². The van der Waals surface area contributed by atoms with E-state index in [4.69, 9.17) is 21.6 Å². The van der Waals surface area contributed by atoms with Gasteiger partial charge in [-0.2, -0.15) is 0 Å². The minimum atomic E-state index is 0.0269. The minimum absolute atomic E-state index is 0.0269. The molecule has 0 spiro atoms. The summed E-state index contributed by atoms with van der Waals surface area (Å²) in [6, 6.07) is 13.3. The molecule has 1 unspecified atom stereocenters. The number of nitrogens with two attached hydrogens (primary N) is 2. The maximum Gasteiger partial charge on any atom is 0.178 e. The molecule has 7 heteroatoms. The number of nitrogen functional groups attached to an aromatic ring is 1. The van der Waals surface area contributed by atoms with Crippen LogP contribution in [0.2, 0.25) is 0 Å². The molecule has 0 fully saturated rings. The van der Waals surface area contributed by atoms with Crippen LogP contribution in [0.1, 0.15) is 37.7 Å². The first-order chi connectivity index (χ1) is 14.7. The molecule has 1 heterocycles. The van der Waals surface area contributed by atoms with E-state index in [1.54, 1.807) is 24.4 Å². The van der Waals surface area contributed by atoms with Gasteiger partial charge in [-0.05, 0) is 69.7 Å². The molecule has 6 N–H and O–H groups in total. The van der Waals surface area contributed by atoms with Crippen LogP contribution in [0.3, 0.4) is 0 Å². The van der Waals surface area contributed by atoms with E-state index in [0.717, 1.165) is 22.5 Å². The standard InChI is InChI=1S/C24H30N6O/c1-14(2)31-18-6-7-20(26)19(12-18)23(27)24-28-10-9-22(30-24)17-5-8-21(15(3)11-17)29-13-16(4)25/h5-12,14,16,27,29H,13,25-26H2,1-4H3. The zero-order chi connectivity index (χ0) is 22.5. The average Bonchev–Trinajstić information content (AvgIpc) is 2.73. The molecule has 3 aromatic rings. The number of hydrogen-bond acceptors (Lipinski definition) is 7. The van der Waals surface area contributed by atoms with Crippen LogP contribution in [-0.4, -0.2) is 34.4 Å². The van der Waals surface area contributed by atoms with E-state index < -0.39 is 0 Å². The Bertz CT molecular complexity index is 1080. The summed E-state index contributed by atoms with van der Waals surface area (Å²) in [5.41, 5.74) is 17.0. The summed E-state index contributed by atoms with van der Waals surface area (Å²) in [6.45, 7) is 8.61. The predicted molar refractivity (Wildman–Crippen MR) is 127 cm³/mol. The lowest BCUT2D eigenvalue weighted by molar-refractivity contribution is 0.242. The molecule has 0 saturated heterocycles. The maximum absolute atomic E-state index is 8.64. The van der Waals surface area contributed by atoms with E-state index in [9.17, 15) is 0 Å². The third kappa shape index (κ3) is 5.58. The van der Waals surface area contributed by atoms with Gasteiger partial charge >= 0.3 is 0 Å². The summed E-state index contributed by atoms with van der Waals surface area (Å²) < 4.78 is 5.74. The molecule has 31 heavy (non-hydrogen) atoms. The van der Waals surface area contributed by atoms with E-state index in [2.05, 4.69) is 21.4 Å². The van der Waals surface area contributed by atoms with Gasteiger partial charge in [0.15, 0.2) is 5.82 Å². The topological polar surface area (TPSA) is 123 Å². The van der Waals surface area contributed by atoms with Crippen molar-refractivity contribution in [1.29, 1.82) is 5.41 Å². The molecule has 1 aromatic heterocycles. The fourth-order valence-corrected chi connectivity index (χ4v) is 3.15. The van der Waals surface area contributed by atoms with Crippen molar-refractivity contribution in [2.24, 2.45) is 5.73 Å². The molecule has 1 atom stereocenters. The van der Waals surface area contributed by atoms with E-state index >= 15 is 0 Å². The molecule has 2 aromatic carbocycles. The molecular weight excluding hydrogens is 388 g/mol. The van der Waals surface area contributed by atoms with Crippen LogP contribution >= 0.6 is 0 Å². The molecule has 0 amide bonds. The molecule has 0 aliphatic rings. The Morgan fingerprint density at radius 1 is 1.13 bits per heavy atom. The summed E-state index contributed by atoms with van der Waals surface area (Å²) in [5.74, 6) is 0.966. The van der Waals surface area contributed by atoms with Crippen LogP contribution in [0, 0.1) is 12.3 Å². The van der Waals surface area contributed by atoms with Gasteiger partial charge in [0.25, 0.3) is 0 Å². The van der Waals surface area contributed by atoms with Crippen molar-refractivity contribution in [3.8, 4) is 17.0 Å². The average molecular weight is 419 g/mol. The van der Waals surface area contributed by atoms with Gasteiger partial charge in [-0.1, -0.05) is 6.07 Å². The number of anilines is 2. The van der Waals surface area contributed by atoms with Gasteiger partial charge in [0.05, 0.1) is 11.8 Å². The predicted octanol–water partition coefficient (Wildman–Crippen LogP) is 4.00. The zero-order valence-electron chi connectivity index (χ0n) is 18.4. The maximum atomic E-state index is 8.64. The highest BCUT2D eigenvalue weighted by Gasteiger charge is 2.15.